The topological polar surface area (TPSA) is 50.4 Å². The van der Waals surface area contributed by atoms with Crippen LogP contribution in [-0.2, 0) is 0 Å². The van der Waals surface area contributed by atoms with Gasteiger partial charge in [-0.3, -0.25) is 0 Å². The first-order valence-electron chi connectivity index (χ1n) is 5.87. The molecule has 0 atom stereocenters. The maximum atomic E-state index is 9.47. The Kier molecular flexibility index (Phi) is 2.27. The summed E-state index contributed by atoms with van der Waals surface area (Å²) in [6.45, 7) is 0. The fourth-order valence-electron chi connectivity index (χ4n) is 2.52. The molecule has 4 nitrogen and oxygen atoms in total. The molecule has 0 bridgehead atoms. The average Bonchev–Trinajstić information content (AvgIpc) is 2.72. The third-order valence-corrected chi connectivity index (χ3v) is 3.43. The third kappa shape index (κ3) is 1.54. The van der Waals surface area contributed by atoms with Crippen molar-refractivity contribution in [3.63, 3.8) is 0 Å². The Bertz CT molecular complexity index is 500. The van der Waals surface area contributed by atoms with E-state index in [4.69, 9.17) is 0 Å². The van der Waals surface area contributed by atoms with Crippen LogP contribution in [0.4, 0.5) is 0 Å². The van der Waals surface area contributed by atoms with Crippen molar-refractivity contribution < 1.29 is 5.11 Å². The van der Waals surface area contributed by atoms with Gasteiger partial charge in [-0.1, -0.05) is 19.3 Å². The molecule has 2 aromatic heterocycles. The van der Waals surface area contributed by atoms with Gasteiger partial charge in [0.05, 0.1) is 6.20 Å². The second-order valence-electron chi connectivity index (χ2n) is 4.52. The van der Waals surface area contributed by atoms with Crippen LogP contribution in [0.5, 0.6) is 5.75 Å². The Morgan fingerprint density at radius 2 is 2.00 bits per heavy atom. The van der Waals surface area contributed by atoms with E-state index in [0.717, 1.165) is 0 Å². The maximum Gasteiger partial charge on any atom is 0.197 e. The van der Waals surface area contributed by atoms with Crippen molar-refractivity contribution in [3.05, 3.63) is 24.2 Å². The van der Waals surface area contributed by atoms with E-state index in [1.165, 1.54) is 43.9 Å². The quantitative estimate of drug-likeness (QED) is 0.798. The molecule has 1 saturated carbocycles. The Morgan fingerprint density at radius 3 is 2.81 bits per heavy atom. The molecule has 2 heterocycles. The minimum atomic E-state index is 0.148. The molecule has 1 fully saturated rings. The summed E-state index contributed by atoms with van der Waals surface area (Å²) in [7, 11) is 0. The van der Waals surface area contributed by atoms with Gasteiger partial charge in [0.25, 0.3) is 0 Å². The van der Waals surface area contributed by atoms with Gasteiger partial charge in [0.15, 0.2) is 11.4 Å². The Morgan fingerprint density at radius 1 is 1.19 bits per heavy atom. The predicted octanol–water partition coefficient (Wildman–Crippen LogP) is 2.48. The summed E-state index contributed by atoms with van der Waals surface area (Å²) < 4.78 is 1.67. The Labute approximate surface area is 93.9 Å². The molecule has 0 radical (unpaired) electrons. The number of aromatic hydroxyl groups is 1. The predicted molar refractivity (Wildman–Crippen MR) is 60.5 cm³/mol. The molecule has 1 aliphatic rings. The van der Waals surface area contributed by atoms with Crippen LogP contribution in [0.1, 0.15) is 43.6 Å². The fourth-order valence-corrected chi connectivity index (χ4v) is 2.52. The van der Waals surface area contributed by atoms with Crippen molar-refractivity contribution in [2.24, 2.45) is 0 Å². The monoisotopic (exact) mass is 217 g/mol. The highest BCUT2D eigenvalue weighted by Gasteiger charge is 2.16. The molecule has 3 rings (SSSR count). The minimum Gasteiger partial charge on any atom is -0.503 e. The first-order valence-corrected chi connectivity index (χ1v) is 5.87. The van der Waals surface area contributed by atoms with Crippen molar-refractivity contribution in [1.82, 2.24) is 14.6 Å². The van der Waals surface area contributed by atoms with Gasteiger partial charge in [-0.15, -0.1) is 0 Å². The van der Waals surface area contributed by atoms with E-state index in [-0.39, 0.29) is 5.75 Å². The number of hydrogen-bond donors (Lipinski definition) is 1. The van der Waals surface area contributed by atoms with Crippen molar-refractivity contribution in [1.29, 1.82) is 0 Å². The number of aromatic nitrogens is 3. The average molecular weight is 217 g/mol. The summed E-state index contributed by atoms with van der Waals surface area (Å²) in [4.78, 5) is 4.27. The normalized spacial score (nSPS) is 18.0. The molecule has 0 aromatic carbocycles. The van der Waals surface area contributed by atoms with Gasteiger partial charge in [-0.2, -0.15) is 5.10 Å². The molecule has 2 aromatic rings. The molecule has 0 amide bonds. The largest absolute Gasteiger partial charge is 0.503 e. The fraction of sp³-hybridized carbons (Fsp3) is 0.500. The third-order valence-electron chi connectivity index (χ3n) is 3.43. The highest BCUT2D eigenvalue weighted by molar-refractivity contribution is 5.50. The second kappa shape index (κ2) is 3.77. The summed E-state index contributed by atoms with van der Waals surface area (Å²) in [6, 6.07) is 0. The number of rotatable bonds is 1. The summed E-state index contributed by atoms with van der Waals surface area (Å²) in [5, 5.41) is 13.5. The summed E-state index contributed by atoms with van der Waals surface area (Å²) in [6.07, 6.45) is 11.8. The molecule has 0 unspecified atom stereocenters. The standard InChI is InChI=1S/C12H15N3O/c16-11-7-14-15-8-10(6-13-12(11)15)9-4-2-1-3-5-9/h6-9,16H,1-5H2. The van der Waals surface area contributed by atoms with Crippen molar-refractivity contribution >= 4 is 5.65 Å². The zero-order chi connectivity index (χ0) is 11.0. The highest BCUT2D eigenvalue weighted by Crippen LogP contribution is 2.32. The van der Waals surface area contributed by atoms with Crippen LogP contribution < -0.4 is 0 Å². The van der Waals surface area contributed by atoms with Gasteiger partial charge in [0.2, 0.25) is 0 Å². The van der Waals surface area contributed by atoms with Gasteiger partial charge in [-0.25, -0.2) is 9.50 Å². The van der Waals surface area contributed by atoms with Crippen LogP contribution in [0.2, 0.25) is 0 Å². The Hall–Kier alpha value is -1.58. The molecule has 4 heteroatoms. The van der Waals surface area contributed by atoms with E-state index < -0.39 is 0 Å². The second-order valence-corrected chi connectivity index (χ2v) is 4.52. The van der Waals surface area contributed by atoms with Crippen molar-refractivity contribution in [2.45, 2.75) is 38.0 Å². The van der Waals surface area contributed by atoms with Gasteiger partial charge in [-0.05, 0) is 24.3 Å². The van der Waals surface area contributed by atoms with Crippen molar-refractivity contribution in [3.8, 4) is 5.75 Å². The molecular formula is C12H15N3O. The lowest BCUT2D eigenvalue weighted by Gasteiger charge is -2.21. The van der Waals surface area contributed by atoms with Crippen LogP contribution in [0.3, 0.4) is 0 Å². The zero-order valence-electron chi connectivity index (χ0n) is 9.13. The van der Waals surface area contributed by atoms with E-state index in [9.17, 15) is 5.11 Å². The van der Waals surface area contributed by atoms with E-state index in [1.807, 2.05) is 12.4 Å². The molecule has 1 N–H and O–H groups in total. The van der Waals surface area contributed by atoms with Crippen LogP contribution in [0.15, 0.2) is 18.6 Å². The smallest absolute Gasteiger partial charge is 0.197 e. The summed E-state index contributed by atoms with van der Waals surface area (Å²) in [5.41, 5.74) is 1.79. The van der Waals surface area contributed by atoms with Gasteiger partial charge < -0.3 is 5.11 Å². The zero-order valence-corrected chi connectivity index (χ0v) is 9.13. The molecule has 1 aliphatic carbocycles. The number of fused-ring (bicyclic) bond motifs is 1. The van der Waals surface area contributed by atoms with Crippen LogP contribution in [-0.4, -0.2) is 19.7 Å². The van der Waals surface area contributed by atoms with Gasteiger partial charge in [0, 0.05) is 12.4 Å². The number of nitrogens with zero attached hydrogens (tertiary/aromatic N) is 3. The number of hydrogen-bond acceptors (Lipinski definition) is 3. The lowest BCUT2D eigenvalue weighted by Crippen LogP contribution is -2.06. The lowest BCUT2D eigenvalue weighted by atomic mass is 9.85. The first kappa shape index (κ1) is 9.63. The van der Waals surface area contributed by atoms with Gasteiger partial charge in [0.1, 0.15) is 0 Å². The van der Waals surface area contributed by atoms with E-state index >= 15 is 0 Å². The maximum absolute atomic E-state index is 9.47. The van der Waals surface area contributed by atoms with Crippen LogP contribution >= 0.6 is 0 Å². The molecule has 0 aliphatic heterocycles. The Balaban J connectivity index is 1.97. The minimum absolute atomic E-state index is 0.148. The molecule has 16 heavy (non-hydrogen) atoms. The van der Waals surface area contributed by atoms with Gasteiger partial charge >= 0.3 is 0 Å². The van der Waals surface area contributed by atoms with E-state index in [2.05, 4.69) is 10.1 Å². The first-order chi connectivity index (χ1) is 7.84. The molecule has 0 saturated heterocycles. The van der Waals surface area contributed by atoms with Crippen molar-refractivity contribution in [2.75, 3.05) is 0 Å². The summed E-state index contributed by atoms with van der Waals surface area (Å²) >= 11 is 0. The molecular weight excluding hydrogens is 202 g/mol. The summed E-state index contributed by atoms with van der Waals surface area (Å²) in [5.74, 6) is 0.771. The SMILES string of the molecule is Oc1cnn2cc(C3CCCCC3)cnc12. The van der Waals surface area contributed by atoms with E-state index in [1.54, 1.807) is 4.52 Å². The van der Waals surface area contributed by atoms with Crippen LogP contribution in [0.25, 0.3) is 5.65 Å². The highest BCUT2D eigenvalue weighted by atomic mass is 16.3. The molecule has 84 valence electrons. The molecule has 0 spiro atoms. The van der Waals surface area contributed by atoms with E-state index in [0.29, 0.717) is 11.6 Å². The van der Waals surface area contributed by atoms with Crippen LogP contribution in [0, 0.1) is 0 Å². The lowest BCUT2D eigenvalue weighted by molar-refractivity contribution is 0.441.